The van der Waals surface area contributed by atoms with Crippen molar-refractivity contribution in [2.45, 2.75) is 12.6 Å². The SMILES string of the molecule is O=C(NC(c1ccccc1)c1ccccc1)c1cc2sccc2n1Cc1ccc(F)cc1. The van der Waals surface area contributed by atoms with Crippen molar-refractivity contribution in [2.75, 3.05) is 0 Å². The zero-order chi connectivity index (χ0) is 21.9. The van der Waals surface area contributed by atoms with Gasteiger partial charge in [0.2, 0.25) is 0 Å². The highest BCUT2D eigenvalue weighted by Gasteiger charge is 2.22. The Balaban J connectivity index is 1.51. The molecular formula is C27H21FN2OS. The smallest absolute Gasteiger partial charge is 0.268 e. The van der Waals surface area contributed by atoms with Crippen LogP contribution in [-0.4, -0.2) is 10.5 Å². The summed E-state index contributed by atoms with van der Waals surface area (Å²) in [7, 11) is 0. The van der Waals surface area contributed by atoms with Crippen LogP contribution in [0.1, 0.15) is 33.2 Å². The number of fused-ring (bicyclic) bond motifs is 1. The largest absolute Gasteiger partial charge is 0.340 e. The lowest BCUT2D eigenvalue weighted by atomic mass is 9.98. The first-order chi connectivity index (χ1) is 15.7. The third kappa shape index (κ3) is 4.07. The number of thiophene rings is 1. The summed E-state index contributed by atoms with van der Waals surface area (Å²) in [5, 5.41) is 5.25. The van der Waals surface area contributed by atoms with Gasteiger partial charge >= 0.3 is 0 Å². The molecule has 3 nitrogen and oxygen atoms in total. The molecular weight excluding hydrogens is 419 g/mol. The predicted octanol–water partition coefficient (Wildman–Crippen LogP) is 6.41. The van der Waals surface area contributed by atoms with Crippen LogP contribution < -0.4 is 5.32 Å². The number of hydrogen-bond acceptors (Lipinski definition) is 2. The lowest BCUT2D eigenvalue weighted by Gasteiger charge is -2.20. The first-order valence-electron chi connectivity index (χ1n) is 10.4. The normalized spacial score (nSPS) is 11.2. The maximum Gasteiger partial charge on any atom is 0.268 e. The average molecular weight is 441 g/mol. The van der Waals surface area contributed by atoms with Crippen molar-refractivity contribution in [3.05, 3.63) is 131 Å². The Kier molecular flexibility index (Phi) is 5.57. The van der Waals surface area contributed by atoms with Crippen LogP contribution in [0.15, 0.2) is 102 Å². The van der Waals surface area contributed by atoms with Crippen molar-refractivity contribution in [3.8, 4) is 0 Å². The molecule has 1 amide bonds. The highest BCUT2D eigenvalue weighted by molar-refractivity contribution is 7.17. The number of rotatable bonds is 6. The molecule has 0 aliphatic heterocycles. The molecule has 0 aliphatic rings. The van der Waals surface area contributed by atoms with Gasteiger partial charge in [-0.1, -0.05) is 72.8 Å². The summed E-state index contributed by atoms with van der Waals surface area (Å²) in [5.74, 6) is -0.415. The van der Waals surface area contributed by atoms with Crippen molar-refractivity contribution in [2.24, 2.45) is 0 Å². The molecule has 0 radical (unpaired) electrons. The standard InChI is InChI=1S/C27H21FN2OS/c28-22-13-11-19(12-14-22)18-30-23-15-16-32-25(23)17-24(30)27(31)29-26(20-7-3-1-4-8-20)21-9-5-2-6-10-21/h1-17,26H,18H2,(H,29,31). The molecule has 2 aromatic heterocycles. The van der Waals surface area contributed by atoms with Crippen LogP contribution in [0.2, 0.25) is 0 Å². The first-order valence-corrected chi connectivity index (χ1v) is 11.3. The average Bonchev–Trinajstić information content (AvgIpc) is 3.42. The highest BCUT2D eigenvalue weighted by Crippen LogP contribution is 2.28. The summed E-state index contributed by atoms with van der Waals surface area (Å²) in [6.07, 6.45) is 0. The zero-order valence-corrected chi connectivity index (χ0v) is 18.1. The van der Waals surface area contributed by atoms with E-state index < -0.39 is 0 Å². The Labute approximate surface area is 189 Å². The maximum absolute atomic E-state index is 13.5. The Bertz CT molecular complexity index is 1300. The molecule has 2 heterocycles. The Morgan fingerprint density at radius 1 is 0.875 bits per heavy atom. The van der Waals surface area contributed by atoms with E-state index in [-0.39, 0.29) is 17.8 Å². The molecule has 1 N–H and O–H groups in total. The Morgan fingerprint density at radius 2 is 1.50 bits per heavy atom. The fourth-order valence-electron chi connectivity index (χ4n) is 3.96. The van der Waals surface area contributed by atoms with Gasteiger partial charge in [-0.25, -0.2) is 4.39 Å². The number of benzene rings is 3. The van der Waals surface area contributed by atoms with E-state index in [9.17, 15) is 9.18 Å². The summed E-state index contributed by atoms with van der Waals surface area (Å²) in [4.78, 5) is 13.5. The van der Waals surface area contributed by atoms with Crippen molar-refractivity contribution in [1.82, 2.24) is 9.88 Å². The predicted molar refractivity (Wildman–Crippen MR) is 128 cm³/mol. The molecule has 5 heteroatoms. The van der Waals surface area contributed by atoms with E-state index in [4.69, 9.17) is 0 Å². The number of nitrogens with one attached hydrogen (secondary N) is 1. The summed E-state index contributed by atoms with van der Waals surface area (Å²) >= 11 is 1.60. The Morgan fingerprint density at radius 3 is 2.12 bits per heavy atom. The number of carbonyl (C=O) groups is 1. The van der Waals surface area contributed by atoms with Crippen molar-refractivity contribution >= 4 is 27.5 Å². The molecule has 5 aromatic rings. The van der Waals surface area contributed by atoms with Gasteiger partial charge < -0.3 is 9.88 Å². The summed E-state index contributed by atoms with van der Waals surface area (Å²) in [6, 6.07) is 30.0. The molecule has 0 bridgehead atoms. The van der Waals surface area contributed by atoms with Gasteiger partial charge in [-0.05, 0) is 46.3 Å². The summed E-state index contributed by atoms with van der Waals surface area (Å²) in [6.45, 7) is 0.491. The molecule has 0 saturated heterocycles. The van der Waals surface area contributed by atoms with Crippen molar-refractivity contribution in [1.29, 1.82) is 0 Å². The van der Waals surface area contributed by atoms with Crippen LogP contribution in [0.3, 0.4) is 0 Å². The van der Waals surface area contributed by atoms with Crippen molar-refractivity contribution in [3.63, 3.8) is 0 Å². The molecule has 0 saturated carbocycles. The van der Waals surface area contributed by atoms with E-state index in [1.54, 1.807) is 23.5 Å². The van der Waals surface area contributed by atoms with Crippen LogP contribution in [-0.2, 0) is 6.54 Å². The van der Waals surface area contributed by atoms with Gasteiger partial charge in [0.25, 0.3) is 5.91 Å². The number of amides is 1. The van der Waals surface area contributed by atoms with Crippen LogP contribution in [0, 0.1) is 5.82 Å². The first kappa shape index (κ1) is 20.2. The third-order valence-corrected chi connectivity index (χ3v) is 6.40. The topological polar surface area (TPSA) is 34.0 Å². The minimum Gasteiger partial charge on any atom is -0.340 e. The molecule has 0 atom stereocenters. The molecule has 0 spiro atoms. The van der Waals surface area contributed by atoms with E-state index >= 15 is 0 Å². The van der Waals surface area contributed by atoms with Crippen molar-refractivity contribution < 1.29 is 9.18 Å². The number of halogens is 1. The third-order valence-electron chi connectivity index (χ3n) is 5.55. The summed E-state index contributed by atoms with van der Waals surface area (Å²) in [5.41, 5.74) is 4.57. The minimum absolute atomic E-state index is 0.145. The van der Waals surface area contributed by atoms with Gasteiger partial charge in [-0.2, -0.15) is 0 Å². The van der Waals surface area contributed by atoms with Gasteiger partial charge in [0, 0.05) is 6.54 Å². The van der Waals surface area contributed by atoms with E-state index in [2.05, 4.69) is 5.32 Å². The van der Waals surface area contributed by atoms with E-state index in [0.717, 1.165) is 26.9 Å². The molecule has 0 unspecified atom stereocenters. The van der Waals surface area contributed by atoms with E-state index in [0.29, 0.717) is 12.2 Å². The highest BCUT2D eigenvalue weighted by atomic mass is 32.1. The quantitative estimate of drug-likeness (QED) is 0.325. The molecule has 3 aromatic carbocycles. The van der Waals surface area contributed by atoms with Gasteiger partial charge in [0.1, 0.15) is 11.5 Å². The number of aromatic nitrogens is 1. The monoisotopic (exact) mass is 440 g/mol. The van der Waals surface area contributed by atoms with E-state index in [1.165, 1.54) is 12.1 Å². The lowest BCUT2D eigenvalue weighted by molar-refractivity contribution is 0.0934. The fourth-order valence-corrected chi connectivity index (χ4v) is 4.79. The van der Waals surface area contributed by atoms with Crippen LogP contribution >= 0.6 is 11.3 Å². The maximum atomic E-state index is 13.5. The van der Waals surface area contributed by atoms with Crippen LogP contribution in [0.25, 0.3) is 10.2 Å². The number of hydrogen-bond donors (Lipinski definition) is 1. The minimum atomic E-state index is -0.270. The molecule has 5 rings (SSSR count). The fraction of sp³-hybridized carbons (Fsp3) is 0.0741. The Hall–Kier alpha value is -3.70. The van der Waals surface area contributed by atoms with Crippen LogP contribution in [0.5, 0.6) is 0 Å². The van der Waals surface area contributed by atoms with Gasteiger partial charge in [-0.15, -0.1) is 11.3 Å². The van der Waals surface area contributed by atoms with E-state index in [1.807, 2.05) is 82.7 Å². The summed E-state index contributed by atoms with van der Waals surface area (Å²) < 4.78 is 16.4. The van der Waals surface area contributed by atoms with Gasteiger partial charge in [0.15, 0.2) is 0 Å². The molecule has 158 valence electrons. The number of nitrogens with zero attached hydrogens (tertiary/aromatic N) is 1. The second-order valence-corrected chi connectivity index (χ2v) is 8.59. The lowest BCUT2D eigenvalue weighted by Crippen LogP contribution is -2.31. The molecule has 0 fully saturated rings. The zero-order valence-electron chi connectivity index (χ0n) is 17.2. The second kappa shape index (κ2) is 8.81. The number of carbonyl (C=O) groups excluding carboxylic acids is 1. The van der Waals surface area contributed by atoms with Crippen LogP contribution in [0.4, 0.5) is 4.39 Å². The van der Waals surface area contributed by atoms with Gasteiger partial charge in [-0.3, -0.25) is 4.79 Å². The molecule has 32 heavy (non-hydrogen) atoms. The van der Waals surface area contributed by atoms with Gasteiger partial charge in [0.05, 0.1) is 16.3 Å². The molecule has 0 aliphatic carbocycles. The second-order valence-electron chi connectivity index (χ2n) is 7.64.